The zero-order chi connectivity index (χ0) is 16.4. The summed E-state index contributed by atoms with van der Waals surface area (Å²) in [6.45, 7) is 6.26. The molecule has 0 bridgehead atoms. The fourth-order valence-electron chi connectivity index (χ4n) is 1.66. The van der Waals surface area contributed by atoms with E-state index in [0.717, 1.165) is 6.08 Å². The lowest BCUT2D eigenvalue weighted by atomic mass is 9.94. The lowest BCUT2D eigenvalue weighted by molar-refractivity contribution is 0.0988. The molecule has 0 aromatic carbocycles. The number of sulfone groups is 1. The first kappa shape index (κ1) is 17.1. The highest BCUT2D eigenvalue weighted by atomic mass is 32.2. The Balaban J connectivity index is 3.27. The van der Waals surface area contributed by atoms with Gasteiger partial charge >= 0.3 is 0 Å². The molecule has 21 heavy (non-hydrogen) atoms. The van der Waals surface area contributed by atoms with E-state index in [9.17, 15) is 13.5 Å². The smallest absolute Gasteiger partial charge is 0.206 e. The van der Waals surface area contributed by atoms with E-state index in [0.29, 0.717) is 0 Å². The second-order valence-electron chi connectivity index (χ2n) is 4.93. The van der Waals surface area contributed by atoms with Crippen LogP contribution in [0.1, 0.15) is 20.3 Å². The van der Waals surface area contributed by atoms with Gasteiger partial charge in [0, 0.05) is 12.1 Å². The van der Waals surface area contributed by atoms with Crippen LogP contribution in [0.5, 0.6) is 0 Å². The Kier molecular flexibility index (Phi) is 4.70. The van der Waals surface area contributed by atoms with Gasteiger partial charge in [0.15, 0.2) is 0 Å². The number of aliphatic hydroxyl groups excluding tert-OH is 1. The third-order valence-corrected chi connectivity index (χ3v) is 5.04. The SMILES string of the molecule is C=C(O)/C(N)=C\C(=C/C)S(=O)(=O)C1=CCC(C)(O)C(N)=C1. The van der Waals surface area contributed by atoms with Crippen LogP contribution in [0.3, 0.4) is 0 Å². The second kappa shape index (κ2) is 5.79. The van der Waals surface area contributed by atoms with E-state index < -0.39 is 21.2 Å². The Morgan fingerprint density at radius 1 is 1.52 bits per heavy atom. The van der Waals surface area contributed by atoms with Gasteiger partial charge in [-0.3, -0.25) is 0 Å². The number of hydrogen-bond donors (Lipinski definition) is 4. The predicted molar refractivity (Wildman–Crippen MR) is 82.3 cm³/mol. The van der Waals surface area contributed by atoms with E-state index in [4.69, 9.17) is 16.6 Å². The highest BCUT2D eigenvalue weighted by molar-refractivity contribution is 7.99. The standard InChI is InChI=1S/C14H20N2O4S/c1-4-10(7-12(15)9(2)17)21(19,20)11-5-6-14(3,18)13(16)8-11/h4-5,7-8,17-18H,2,6,15-16H2,1,3H3/b10-4+,12-7+. The molecule has 0 amide bonds. The van der Waals surface area contributed by atoms with Crippen molar-refractivity contribution in [1.29, 1.82) is 0 Å². The van der Waals surface area contributed by atoms with Gasteiger partial charge < -0.3 is 21.7 Å². The summed E-state index contributed by atoms with van der Waals surface area (Å²) in [7, 11) is -3.84. The fourth-order valence-corrected chi connectivity index (χ4v) is 3.11. The number of rotatable bonds is 4. The topological polar surface area (TPSA) is 127 Å². The quantitative estimate of drug-likeness (QED) is 0.455. The molecule has 7 heteroatoms. The van der Waals surface area contributed by atoms with Crippen LogP contribution in [-0.4, -0.2) is 24.2 Å². The molecule has 1 atom stereocenters. The van der Waals surface area contributed by atoms with Crippen LogP contribution in [-0.2, 0) is 9.84 Å². The van der Waals surface area contributed by atoms with E-state index in [2.05, 4.69) is 6.58 Å². The highest BCUT2D eigenvalue weighted by Gasteiger charge is 2.30. The van der Waals surface area contributed by atoms with Gasteiger partial charge in [-0.1, -0.05) is 18.7 Å². The monoisotopic (exact) mass is 312 g/mol. The summed E-state index contributed by atoms with van der Waals surface area (Å²) in [5.41, 5.74) is 9.84. The predicted octanol–water partition coefficient (Wildman–Crippen LogP) is 1.10. The first-order chi connectivity index (χ1) is 9.52. The molecule has 0 saturated carbocycles. The summed E-state index contributed by atoms with van der Waals surface area (Å²) in [5, 5.41) is 19.1. The Morgan fingerprint density at radius 2 is 2.10 bits per heavy atom. The molecule has 0 aliphatic heterocycles. The summed E-state index contributed by atoms with van der Waals surface area (Å²) < 4.78 is 25.0. The highest BCUT2D eigenvalue weighted by Crippen LogP contribution is 2.30. The molecule has 0 saturated heterocycles. The van der Waals surface area contributed by atoms with Crippen LogP contribution in [0.4, 0.5) is 0 Å². The van der Waals surface area contributed by atoms with Gasteiger partial charge in [0.05, 0.1) is 15.5 Å². The molecule has 6 N–H and O–H groups in total. The summed E-state index contributed by atoms with van der Waals surface area (Å²) in [5.74, 6) is -0.417. The van der Waals surface area contributed by atoms with E-state index in [1.54, 1.807) is 0 Å². The van der Waals surface area contributed by atoms with Gasteiger partial charge in [0.2, 0.25) is 9.84 Å². The van der Waals surface area contributed by atoms with E-state index in [1.807, 2.05) is 0 Å². The first-order valence-electron chi connectivity index (χ1n) is 6.19. The molecular formula is C14H20N2O4S. The zero-order valence-electron chi connectivity index (χ0n) is 12.0. The largest absolute Gasteiger partial charge is 0.506 e. The molecule has 0 heterocycles. The Bertz CT molecular complexity index is 680. The van der Waals surface area contributed by atoms with Crippen LogP contribution in [0.25, 0.3) is 0 Å². The van der Waals surface area contributed by atoms with Crippen LogP contribution in [0.2, 0.25) is 0 Å². The molecule has 0 radical (unpaired) electrons. The molecule has 116 valence electrons. The summed E-state index contributed by atoms with van der Waals surface area (Å²) >= 11 is 0. The van der Waals surface area contributed by atoms with Gasteiger partial charge in [-0.2, -0.15) is 0 Å². The number of nitrogens with two attached hydrogens (primary N) is 2. The molecule has 0 spiro atoms. The number of allylic oxidation sites excluding steroid dienone is 3. The fraction of sp³-hybridized carbons (Fsp3) is 0.286. The van der Waals surface area contributed by atoms with Gasteiger partial charge in [0.25, 0.3) is 0 Å². The minimum atomic E-state index is -3.84. The van der Waals surface area contributed by atoms with Crippen LogP contribution in [0.15, 0.2) is 57.8 Å². The number of hydrogen-bond acceptors (Lipinski definition) is 6. The summed E-state index contributed by atoms with van der Waals surface area (Å²) in [4.78, 5) is -0.112. The average Bonchev–Trinajstić information content (AvgIpc) is 2.38. The van der Waals surface area contributed by atoms with Crippen molar-refractivity contribution in [3.05, 3.63) is 57.8 Å². The minimum Gasteiger partial charge on any atom is -0.506 e. The van der Waals surface area contributed by atoms with Crippen molar-refractivity contribution in [3.63, 3.8) is 0 Å². The Morgan fingerprint density at radius 3 is 2.52 bits per heavy atom. The van der Waals surface area contributed by atoms with E-state index >= 15 is 0 Å². The van der Waals surface area contributed by atoms with Gasteiger partial charge in [-0.25, -0.2) is 8.42 Å². The van der Waals surface area contributed by atoms with Crippen molar-refractivity contribution >= 4 is 9.84 Å². The summed E-state index contributed by atoms with van der Waals surface area (Å²) in [6, 6.07) is 0. The average molecular weight is 312 g/mol. The van der Waals surface area contributed by atoms with E-state index in [-0.39, 0.29) is 27.6 Å². The molecule has 1 aliphatic rings. The molecule has 0 fully saturated rings. The lowest BCUT2D eigenvalue weighted by Gasteiger charge is -2.26. The zero-order valence-corrected chi connectivity index (χ0v) is 12.8. The van der Waals surface area contributed by atoms with Crippen molar-refractivity contribution in [2.75, 3.05) is 0 Å². The molecule has 0 aromatic heterocycles. The minimum absolute atomic E-state index is 0.0211. The Hall–Kier alpha value is -1.99. The molecule has 6 nitrogen and oxygen atoms in total. The van der Waals surface area contributed by atoms with Gasteiger partial charge in [-0.05, 0) is 26.0 Å². The maximum atomic E-state index is 12.5. The maximum absolute atomic E-state index is 12.5. The van der Waals surface area contributed by atoms with Crippen molar-refractivity contribution in [2.45, 2.75) is 25.9 Å². The third kappa shape index (κ3) is 3.56. The molecule has 1 aliphatic carbocycles. The summed E-state index contributed by atoms with van der Waals surface area (Å²) in [6.07, 6.45) is 5.18. The van der Waals surface area contributed by atoms with Crippen LogP contribution >= 0.6 is 0 Å². The van der Waals surface area contributed by atoms with Crippen molar-refractivity contribution < 1.29 is 18.6 Å². The van der Waals surface area contributed by atoms with E-state index in [1.165, 1.54) is 32.1 Å². The van der Waals surface area contributed by atoms with Gasteiger partial charge in [0.1, 0.15) is 11.4 Å². The maximum Gasteiger partial charge on any atom is 0.206 e. The molecule has 0 aromatic rings. The molecule has 1 rings (SSSR count). The molecule has 1 unspecified atom stereocenters. The van der Waals surface area contributed by atoms with Crippen LogP contribution < -0.4 is 11.5 Å². The third-order valence-electron chi connectivity index (χ3n) is 3.16. The van der Waals surface area contributed by atoms with Crippen molar-refractivity contribution in [2.24, 2.45) is 11.5 Å². The van der Waals surface area contributed by atoms with Crippen LogP contribution in [0, 0.1) is 0 Å². The van der Waals surface area contributed by atoms with Gasteiger partial charge in [-0.15, -0.1) is 0 Å². The lowest BCUT2D eigenvalue weighted by Crippen LogP contribution is -2.33. The molecular weight excluding hydrogens is 292 g/mol. The van der Waals surface area contributed by atoms with Crippen molar-refractivity contribution in [3.8, 4) is 0 Å². The first-order valence-corrected chi connectivity index (χ1v) is 7.67. The second-order valence-corrected chi connectivity index (χ2v) is 6.87. The van der Waals surface area contributed by atoms with Crippen molar-refractivity contribution in [1.82, 2.24) is 0 Å². The number of aliphatic hydroxyl groups is 2. The Labute approximate surface area is 124 Å². The normalized spacial score (nSPS) is 24.3.